The first-order valence-corrected chi connectivity index (χ1v) is 13.0. The Morgan fingerprint density at radius 1 is 0.629 bits per heavy atom. The quantitative estimate of drug-likeness (QED) is 0.152. The van der Waals surface area contributed by atoms with Gasteiger partial charge in [0.25, 0.3) is 0 Å². The zero-order valence-corrected chi connectivity index (χ0v) is 20.8. The lowest BCUT2D eigenvalue weighted by Gasteiger charge is -2.15. The molecule has 0 radical (unpaired) electrons. The number of carbonyl (C=O) groups excluding carboxylic acids is 4. The van der Waals surface area contributed by atoms with E-state index in [1.165, 1.54) is 44.9 Å². The van der Waals surface area contributed by atoms with E-state index in [1.54, 1.807) is 6.92 Å². The number of carboxylic acid groups (broad SMARTS) is 1. The monoisotopic (exact) mass is 490 g/mol. The van der Waals surface area contributed by atoms with Crippen LogP contribution in [-0.2, 0) is 33.4 Å². The second-order valence-corrected chi connectivity index (χ2v) is 9.43. The van der Waals surface area contributed by atoms with E-state index in [0.29, 0.717) is 24.0 Å². The van der Waals surface area contributed by atoms with Crippen LogP contribution in [0, 0.1) is 0 Å². The molecular weight excluding hydrogens is 452 g/mol. The van der Waals surface area contributed by atoms with E-state index in [1.807, 2.05) is 0 Å². The number of esters is 4. The third-order valence-corrected chi connectivity index (χ3v) is 6.69. The average Bonchev–Trinajstić information content (AvgIpc) is 3.05. The maximum atomic E-state index is 11.8. The molecule has 0 amide bonds. The van der Waals surface area contributed by atoms with Gasteiger partial charge in [-0.1, -0.05) is 77.0 Å². The standard InChI is InChI=1S/C27H38O8/c1-19-20(26(32)35-25(19)31)16-14-12-10-8-6-4-2-3-5-7-9-11-13-15-17-21-22(24(29)30)18-23(28)34-27(21)33/h2-18H2,1H3,(H,29,30). The average molecular weight is 491 g/mol. The lowest BCUT2D eigenvalue weighted by molar-refractivity contribution is -0.159. The van der Waals surface area contributed by atoms with E-state index in [0.717, 1.165) is 44.9 Å². The molecule has 2 aliphatic heterocycles. The number of ether oxygens (including phenoxy) is 2. The molecule has 0 saturated carbocycles. The Morgan fingerprint density at radius 2 is 1.03 bits per heavy atom. The maximum absolute atomic E-state index is 11.8. The summed E-state index contributed by atoms with van der Waals surface area (Å²) in [5.41, 5.74) is 1.03. The van der Waals surface area contributed by atoms with Gasteiger partial charge in [-0.25, -0.2) is 19.2 Å². The largest absolute Gasteiger partial charge is 0.478 e. The molecule has 35 heavy (non-hydrogen) atoms. The molecule has 0 aromatic heterocycles. The highest BCUT2D eigenvalue weighted by molar-refractivity contribution is 6.12. The summed E-state index contributed by atoms with van der Waals surface area (Å²) in [5, 5.41) is 9.19. The number of carbonyl (C=O) groups is 5. The van der Waals surface area contributed by atoms with Crippen molar-refractivity contribution in [2.24, 2.45) is 0 Å². The smallest absolute Gasteiger partial charge is 0.342 e. The van der Waals surface area contributed by atoms with E-state index in [2.05, 4.69) is 9.47 Å². The molecule has 0 fully saturated rings. The van der Waals surface area contributed by atoms with Gasteiger partial charge >= 0.3 is 29.8 Å². The summed E-state index contributed by atoms with van der Waals surface area (Å²) in [6.45, 7) is 1.65. The van der Waals surface area contributed by atoms with Gasteiger partial charge in [-0.15, -0.1) is 0 Å². The van der Waals surface area contributed by atoms with Gasteiger partial charge in [0.05, 0.1) is 12.0 Å². The highest BCUT2D eigenvalue weighted by Crippen LogP contribution is 2.24. The van der Waals surface area contributed by atoms with Crippen LogP contribution in [-0.4, -0.2) is 35.0 Å². The first-order chi connectivity index (χ1) is 16.8. The van der Waals surface area contributed by atoms with Crippen molar-refractivity contribution in [3.8, 4) is 0 Å². The molecule has 8 heteroatoms. The summed E-state index contributed by atoms with van der Waals surface area (Å²) >= 11 is 0. The number of cyclic esters (lactones) is 4. The SMILES string of the molecule is CC1=C(CCCCCCCCCCCCCCCCC2=C(C(=O)O)CC(=O)OC2=O)C(=O)OC1=O. The van der Waals surface area contributed by atoms with E-state index in [-0.39, 0.29) is 17.6 Å². The van der Waals surface area contributed by atoms with Crippen LogP contribution in [0.3, 0.4) is 0 Å². The van der Waals surface area contributed by atoms with Gasteiger partial charge in [-0.3, -0.25) is 4.79 Å². The zero-order chi connectivity index (χ0) is 25.6. The van der Waals surface area contributed by atoms with Crippen LogP contribution in [0.4, 0.5) is 0 Å². The van der Waals surface area contributed by atoms with E-state index >= 15 is 0 Å². The first kappa shape index (κ1) is 28.5. The highest BCUT2D eigenvalue weighted by atomic mass is 16.6. The summed E-state index contributed by atoms with van der Waals surface area (Å²) in [7, 11) is 0. The molecular formula is C27H38O8. The number of rotatable bonds is 18. The fourth-order valence-corrected chi connectivity index (χ4v) is 4.55. The van der Waals surface area contributed by atoms with Crippen molar-refractivity contribution in [1.82, 2.24) is 0 Å². The van der Waals surface area contributed by atoms with Gasteiger partial charge in [-0.2, -0.15) is 0 Å². The Morgan fingerprint density at radius 3 is 1.43 bits per heavy atom. The predicted octanol–water partition coefficient (Wildman–Crippen LogP) is 5.48. The first-order valence-electron chi connectivity index (χ1n) is 13.0. The Bertz CT molecular complexity index is 864. The summed E-state index contributed by atoms with van der Waals surface area (Å²) in [4.78, 5) is 57.1. The normalized spacial score (nSPS) is 16.3. The second-order valence-electron chi connectivity index (χ2n) is 9.43. The summed E-state index contributed by atoms with van der Waals surface area (Å²) < 4.78 is 9.16. The second kappa shape index (κ2) is 15.3. The lowest BCUT2D eigenvalue weighted by Crippen LogP contribution is -2.25. The van der Waals surface area contributed by atoms with Crippen molar-refractivity contribution < 1.29 is 38.6 Å². The molecule has 8 nitrogen and oxygen atoms in total. The van der Waals surface area contributed by atoms with Crippen molar-refractivity contribution in [3.05, 3.63) is 22.3 Å². The maximum Gasteiger partial charge on any atom is 0.342 e. The molecule has 0 aromatic rings. The predicted molar refractivity (Wildman–Crippen MR) is 128 cm³/mol. The topological polar surface area (TPSA) is 124 Å². The van der Waals surface area contributed by atoms with Gasteiger partial charge in [0.1, 0.15) is 0 Å². The molecule has 1 N–H and O–H groups in total. The molecule has 0 aliphatic carbocycles. The van der Waals surface area contributed by atoms with Crippen LogP contribution >= 0.6 is 0 Å². The van der Waals surface area contributed by atoms with E-state index in [4.69, 9.17) is 0 Å². The van der Waals surface area contributed by atoms with Gasteiger partial charge in [-0.05, 0) is 32.6 Å². The van der Waals surface area contributed by atoms with Gasteiger partial charge < -0.3 is 14.6 Å². The van der Waals surface area contributed by atoms with Gasteiger partial charge in [0.15, 0.2) is 0 Å². The van der Waals surface area contributed by atoms with Gasteiger partial charge in [0.2, 0.25) is 0 Å². The number of hydrogen-bond acceptors (Lipinski definition) is 7. The van der Waals surface area contributed by atoms with Crippen LogP contribution in [0.15, 0.2) is 22.3 Å². The summed E-state index contributed by atoms with van der Waals surface area (Å²) in [6.07, 6.45) is 16.1. The molecule has 0 bridgehead atoms. The highest BCUT2D eigenvalue weighted by Gasteiger charge is 2.31. The molecule has 0 saturated heterocycles. The van der Waals surface area contributed by atoms with Crippen LogP contribution in [0.1, 0.15) is 116 Å². The van der Waals surface area contributed by atoms with Crippen molar-refractivity contribution in [2.75, 3.05) is 0 Å². The van der Waals surface area contributed by atoms with Crippen molar-refractivity contribution in [2.45, 2.75) is 116 Å². The molecule has 0 unspecified atom stereocenters. The minimum atomic E-state index is -1.22. The Balaban J connectivity index is 1.38. The Labute approximate surface area is 207 Å². The summed E-state index contributed by atoms with van der Waals surface area (Å²) in [6, 6.07) is 0. The van der Waals surface area contributed by atoms with Crippen LogP contribution in [0.5, 0.6) is 0 Å². The van der Waals surface area contributed by atoms with Crippen LogP contribution < -0.4 is 0 Å². The van der Waals surface area contributed by atoms with E-state index < -0.39 is 29.8 Å². The van der Waals surface area contributed by atoms with Crippen LogP contribution in [0.25, 0.3) is 0 Å². The molecule has 2 aliphatic rings. The van der Waals surface area contributed by atoms with Gasteiger partial charge in [0, 0.05) is 16.7 Å². The van der Waals surface area contributed by atoms with E-state index in [9.17, 15) is 29.1 Å². The van der Waals surface area contributed by atoms with Crippen molar-refractivity contribution in [3.63, 3.8) is 0 Å². The Kier molecular flexibility index (Phi) is 12.4. The van der Waals surface area contributed by atoms with Crippen LogP contribution in [0.2, 0.25) is 0 Å². The number of carboxylic acids is 1. The molecule has 0 atom stereocenters. The minimum absolute atomic E-state index is 0.118. The molecule has 0 spiro atoms. The number of unbranched alkanes of at least 4 members (excludes halogenated alkanes) is 13. The van der Waals surface area contributed by atoms with Crippen molar-refractivity contribution in [1.29, 1.82) is 0 Å². The van der Waals surface area contributed by atoms with Crippen molar-refractivity contribution >= 4 is 29.8 Å². The number of aliphatic carboxylic acids is 1. The molecule has 2 heterocycles. The molecule has 2 rings (SSSR count). The lowest BCUT2D eigenvalue weighted by atomic mass is 9.97. The minimum Gasteiger partial charge on any atom is -0.478 e. The third-order valence-electron chi connectivity index (χ3n) is 6.69. The third kappa shape index (κ3) is 9.78. The molecule has 0 aromatic carbocycles. The fraction of sp³-hybridized carbons (Fsp3) is 0.667. The summed E-state index contributed by atoms with van der Waals surface area (Å²) in [5.74, 6) is -3.79. The number of hydrogen-bond donors (Lipinski definition) is 1. The Hall–Kier alpha value is -2.77. The zero-order valence-electron chi connectivity index (χ0n) is 20.8. The fourth-order valence-electron chi connectivity index (χ4n) is 4.55. The molecule has 194 valence electrons.